The third-order valence-electron chi connectivity index (χ3n) is 2.73. The zero-order chi connectivity index (χ0) is 15.3. The van der Waals surface area contributed by atoms with E-state index >= 15 is 0 Å². The molecule has 2 N–H and O–H groups in total. The van der Waals surface area contributed by atoms with Crippen LogP contribution in [-0.2, 0) is 4.79 Å². The van der Waals surface area contributed by atoms with E-state index in [1.54, 1.807) is 26.0 Å². The fourth-order valence-electron chi connectivity index (χ4n) is 1.94. The lowest BCUT2D eigenvalue weighted by Gasteiger charge is -2.13. The lowest BCUT2D eigenvalue weighted by atomic mass is 10.1. The SMILES string of the molecule is Cc1cc(C(=O)O)cc(C)c1OCCC(=O)NC(C)C. The molecule has 0 saturated carbocycles. The van der Waals surface area contributed by atoms with Crippen LogP contribution in [0.4, 0.5) is 0 Å². The summed E-state index contributed by atoms with van der Waals surface area (Å²) in [5.74, 6) is -0.371. The molecule has 1 amide bonds. The van der Waals surface area contributed by atoms with Gasteiger partial charge in [0.1, 0.15) is 5.75 Å². The maximum absolute atomic E-state index is 11.5. The van der Waals surface area contributed by atoms with Gasteiger partial charge in [-0.3, -0.25) is 4.79 Å². The van der Waals surface area contributed by atoms with Gasteiger partial charge in [-0.1, -0.05) is 0 Å². The van der Waals surface area contributed by atoms with Crippen LogP contribution in [0.15, 0.2) is 12.1 Å². The van der Waals surface area contributed by atoms with Gasteiger partial charge in [-0.2, -0.15) is 0 Å². The first kappa shape index (κ1) is 16.0. The highest BCUT2D eigenvalue weighted by atomic mass is 16.5. The second-order valence-corrected chi connectivity index (χ2v) is 5.06. The van der Waals surface area contributed by atoms with Gasteiger partial charge in [-0.15, -0.1) is 0 Å². The summed E-state index contributed by atoms with van der Waals surface area (Å²) >= 11 is 0. The Morgan fingerprint density at radius 1 is 1.25 bits per heavy atom. The van der Waals surface area contributed by atoms with Gasteiger partial charge in [0.2, 0.25) is 5.91 Å². The van der Waals surface area contributed by atoms with Crippen LogP contribution < -0.4 is 10.1 Å². The van der Waals surface area contributed by atoms with E-state index < -0.39 is 5.97 Å². The van der Waals surface area contributed by atoms with E-state index in [-0.39, 0.29) is 30.5 Å². The highest BCUT2D eigenvalue weighted by Crippen LogP contribution is 2.25. The molecule has 0 fully saturated rings. The van der Waals surface area contributed by atoms with Gasteiger partial charge in [0.05, 0.1) is 18.6 Å². The van der Waals surface area contributed by atoms with E-state index in [1.165, 1.54) is 0 Å². The van der Waals surface area contributed by atoms with Crippen molar-refractivity contribution in [1.29, 1.82) is 0 Å². The van der Waals surface area contributed by atoms with E-state index in [0.29, 0.717) is 5.75 Å². The van der Waals surface area contributed by atoms with Crippen molar-refractivity contribution in [3.8, 4) is 5.75 Å². The van der Waals surface area contributed by atoms with Gasteiger partial charge in [0.25, 0.3) is 0 Å². The van der Waals surface area contributed by atoms with Gasteiger partial charge in [-0.05, 0) is 51.0 Å². The summed E-state index contributed by atoms with van der Waals surface area (Å²) in [6.45, 7) is 7.66. The minimum atomic E-state index is -0.959. The van der Waals surface area contributed by atoms with Crippen LogP contribution in [0.5, 0.6) is 5.75 Å². The second kappa shape index (κ2) is 6.93. The number of carbonyl (C=O) groups is 2. The van der Waals surface area contributed by atoms with Crippen LogP contribution in [0.3, 0.4) is 0 Å². The third-order valence-corrected chi connectivity index (χ3v) is 2.73. The largest absolute Gasteiger partial charge is 0.493 e. The molecule has 0 saturated heterocycles. The standard InChI is InChI=1S/C15H21NO4/c1-9(2)16-13(17)5-6-20-14-10(3)7-12(15(18)19)8-11(14)4/h7-9H,5-6H2,1-4H3,(H,16,17)(H,18,19). The number of aromatic carboxylic acids is 1. The Morgan fingerprint density at radius 3 is 2.25 bits per heavy atom. The minimum absolute atomic E-state index is 0.0579. The molecule has 0 aliphatic carbocycles. The van der Waals surface area contributed by atoms with Crippen molar-refractivity contribution in [3.05, 3.63) is 28.8 Å². The van der Waals surface area contributed by atoms with E-state index in [4.69, 9.17) is 9.84 Å². The minimum Gasteiger partial charge on any atom is -0.493 e. The van der Waals surface area contributed by atoms with Crippen molar-refractivity contribution < 1.29 is 19.4 Å². The van der Waals surface area contributed by atoms with Crippen molar-refractivity contribution in [2.75, 3.05) is 6.61 Å². The molecule has 0 bridgehead atoms. The summed E-state index contributed by atoms with van der Waals surface area (Å²) in [4.78, 5) is 22.4. The number of carboxylic acids is 1. The summed E-state index contributed by atoms with van der Waals surface area (Å²) in [6, 6.07) is 3.25. The first-order chi connectivity index (χ1) is 9.31. The number of benzene rings is 1. The Hall–Kier alpha value is -2.04. The maximum atomic E-state index is 11.5. The topological polar surface area (TPSA) is 75.6 Å². The normalized spacial score (nSPS) is 10.4. The lowest BCUT2D eigenvalue weighted by molar-refractivity contribution is -0.122. The van der Waals surface area contributed by atoms with Crippen LogP contribution in [0.2, 0.25) is 0 Å². The number of nitrogens with one attached hydrogen (secondary N) is 1. The van der Waals surface area contributed by atoms with Gasteiger partial charge in [0, 0.05) is 6.04 Å². The van der Waals surface area contributed by atoms with Crippen molar-refractivity contribution in [2.45, 2.75) is 40.2 Å². The molecule has 0 radical (unpaired) electrons. The summed E-state index contributed by atoms with van der Waals surface area (Å²) in [5.41, 5.74) is 1.75. The average Bonchev–Trinajstić information content (AvgIpc) is 2.31. The number of aryl methyl sites for hydroxylation is 2. The first-order valence-electron chi connectivity index (χ1n) is 6.58. The summed E-state index contributed by atoms with van der Waals surface area (Å²) in [5, 5.41) is 11.7. The summed E-state index contributed by atoms with van der Waals surface area (Å²) in [6.07, 6.45) is 0.276. The highest BCUT2D eigenvalue weighted by molar-refractivity contribution is 5.88. The van der Waals surface area contributed by atoms with Gasteiger partial charge < -0.3 is 15.2 Å². The van der Waals surface area contributed by atoms with Crippen molar-refractivity contribution in [2.24, 2.45) is 0 Å². The molecule has 20 heavy (non-hydrogen) atoms. The Morgan fingerprint density at radius 2 is 1.80 bits per heavy atom. The zero-order valence-electron chi connectivity index (χ0n) is 12.3. The molecule has 110 valence electrons. The van der Waals surface area contributed by atoms with E-state index in [1.807, 2.05) is 13.8 Å². The average molecular weight is 279 g/mol. The summed E-state index contributed by atoms with van der Waals surface area (Å²) < 4.78 is 5.60. The fourth-order valence-corrected chi connectivity index (χ4v) is 1.94. The predicted octanol–water partition coefficient (Wildman–Crippen LogP) is 2.30. The maximum Gasteiger partial charge on any atom is 0.335 e. The first-order valence-corrected chi connectivity index (χ1v) is 6.58. The number of hydrogen-bond donors (Lipinski definition) is 2. The molecular weight excluding hydrogens is 258 g/mol. The second-order valence-electron chi connectivity index (χ2n) is 5.06. The Bertz CT molecular complexity index is 486. The molecule has 0 spiro atoms. The Balaban J connectivity index is 2.65. The molecule has 5 heteroatoms. The van der Waals surface area contributed by atoms with Crippen LogP contribution in [0.1, 0.15) is 41.8 Å². The number of hydrogen-bond acceptors (Lipinski definition) is 3. The van der Waals surface area contributed by atoms with Gasteiger partial charge in [0.15, 0.2) is 0 Å². The number of ether oxygens (including phenoxy) is 1. The van der Waals surface area contributed by atoms with Gasteiger partial charge >= 0.3 is 5.97 Å². The molecule has 0 aromatic heterocycles. The van der Waals surface area contributed by atoms with Crippen LogP contribution >= 0.6 is 0 Å². The fraction of sp³-hybridized carbons (Fsp3) is 0.467. The molecule has 0 heterocycles. The van der Waals surface area contributed by atoms with Crippen LogP contribution in [0, 0.1) is 13.8 Å². The Kier molecular flexibility index (Phi) is 5.55. The third kappa shape index (κ3) is 4.57. The van der Waals surface area contributed by atoms with Gasteiger partial charge in [-0.25, -0.2) is 4.79 Å². The smallest absolute Gasteiger partial charge is 0.335 e. The predicted molar refractivity (Wildman–Crippen MR) is 76.3 cm³/mol. The van der Waals surface area contributed by atoms with Crippen LogP contribution in [-0.4, -0.2) is 29.6 Å². The molecule has 5 nitrogen and oxygen atoms in total. The zero-order valence-corrected chi connectivity index (χ0v) is 12.3. The molecule has 1 aromatic carbocycles. The molecule has 0 unspecified atom stereocenters. The number of carbonyl (C=O) groups excluding carboxylic acids is 1. The number of rotatable bonds is 6. The molecule has 1 rings (SSSR count). The Labute approximate surface area is 118 Å². The molecule has 0 aliphatic rings. The quantitative estimate of drug-likeness (QED) is 0.837. The van der Waals surface area contributed by atoms with Crippen LogP contribution in [0.25, 0.3) is 0 Å². The van der Waals surface area contributed by atoms with Crippen molar-refractivity contribution in [1.82, 2.24) is 5.32 Å². The summed E-state index contributed by atoms with van der Waals surface area (Å²) in [7, 11) is 0. The van der Waals surface area contributed by atoms with E-state index in [2.05, 4.69) is 5.32 Å². The lowest BCUT2D eigenvalue weighted by Crippen LogP contribution is -2.31. The molecular formula is C15H21NO4. The highest BCUT2D eigenvalue weighted by Gasteiger charge is 2.11. The van der Waals surface area contributed by atoms with E-state index in [0.717, 1.165) is 11.1 Å². The van der Waals surface area contributed by atoms with E-state index in [9.17, 15) is 9.59 Å². The number of amides is 1. The monoisotopic (exact) mass is 279 g/mol. The number of carboxylic acid groups (broad SMARTS) is 1. The van der Waals surface area contributed by atoms with Crippen molar-refractivity contribution >= 4 is 11.9 Å². The molecule has 1 aromatic rings. The molecule has 0 atom stereocenters. The van der Waals surface area contributed by atoms with Crippen molar-refractivity contribution in [3.63, 3.8) is 0 Å². The molecule has 0 aliphatic heterocycles.